The second kappa shape index (κ2) is 5.66. The first-order valence-corrected chi connectivity index (χ1v) is 6.31. The van der Waals surface area contributed by atoms with E-state index in [4.69, 9.17) is 0 Å². The SMILES string of the molecule is CC(C)NC(=O)Nc1ccc(N2CCCC2)nn1. The minimum Gasteiger partial charge on any atom is -0.355 e. The van der Waals surface area contributed by atoms with E-state index in [1.54, 1.807) is 6.07 Å². The van der Waals surface area contributed by atoms with Gasteiger partial charge in [-0.2, -0.15) is 0 Å². The molecule has 1 aliphatic heterocycles. The van der Waals surface area contributed by atoms with E-state index in [1.165, 1.54) is 12.8 Å². The molecule has 0 saturated carbocycles. The number of carbonyl (C=O) groups is 1. The fraction of sp³-hybridized carbons (Fsp3) is 0.583. The summed E-state index contributed by atoms with van der Waals surface area (Å²) in [7, 11) is 0. The molecule has 0 aliphatic carbocycles. The van der Waals surface area contributed by atoms with Gasteiger partial charge in [0.05, 0.1) is 0 Å². The van der Waals surface area contributed by atoms with Gasteiger partial charge < -0.3 is 10.2 Å². The van der Waals surface area contributed by atoms with Gasteiger partial charge in [-0.1, -0.05) is 0 Å². The average molecular weight is 249 g/mol. The van der Waals surface area contributed by atoms with Gasteiger partial charge in [0, 0.05) is 19.1 Å². The molecule has 2 heterocycles. The summed E-state index contributed by atoms with van der Waals surface area (Å²) in [4.78, 5) is 13.7. The van der Waals surface area contributed by atoms with E-state index in [-0.39, 0.29) is 12.1 Å². The summed E-state index contributed by atoms with van der Waals surface area (Å²) in [6.45, 7) is 5.88. The van der Waals surface area contributed by atoms with Crippen LogP contribution in [0.1, 0.15) is 26.7 Å². The van der Waals surface area contributed by atoms with E-state index in [0.29, 0.717) is 5.82 Å². The predicted molar refractivity (Wildman–Crippen MR) is 70.8 cm³/mol. The number of rotatable bonds is 3. The molecular formula is C12H19N5O. The first kappa shape index (κ1) is 12.6. The maximum absolute atomic E-state index is 11.5. The number of hydrogen-bond acceptors (Lipinski definition) is 4. The highest BCUT2D eigenvalue weighted by Gasteiger charge is 2.14. The lowest BCUT2D eigenvalue weighted by molar-refractivity contribution is 0.250. The van der Waals surface area contributed by atoms with Gasteiger partial charge in [0.25, 0.3) is 0 Å². The van der Waals surface area contributed by atoms with Crippen molar-refractivity contribution in [1.29, 1.82) is 0 Å². The van der Waals surface area contributed by atoms with Crippen molar-refractivity contribution in [2.75, 3.05) is 23.3 Å². The Hall–Kier alpha value is -1.85. The highest BCUT2D eigenvalue weighted by molar-refractivity contribution is 5.88. The van der Waals surface area contributed by atoms with Gasteiger partial charge in [-0.25, -0.2) is 4.79 Å². The molecule has 0 unspecified atom stereocenters. The largest absolute Gasteiger partial charge is 0.355 e. The summed E-state index contributed by atoms with van der Waals surface area (Å²) in [6.07, 6.45) is 2.41. The zero-order valence-electron chi connectivity index (χ0n) is 10.8. The maximum atomic E-state index is 11.5. The van der Waals surface area contributed by atoms with Gasteiger partial charge in [0.2, 0.25) is 0 Å². The Bertz CT molecular complexity index is 397. The van der Waals surface area contributed by atoms with Crippen molar-refractivity contribution in [2.45, 2.75) is 32.7 Å². The van der Waals surface area contributed by atoms with Crippen LogP contribution >= 0.6 is 0 Å². The first-order chi connectivity index (χ1) is 8.65. The first-order valence-electron chi connectivity index (χ1n) is 6.31. The second-order valence-corrected chi connectivity index (χ2v) is 4.72. The van der Waals surface area contributed by atoms with E-state index in [0.717, 1.165) is 18.9 Å². The Morgan fingerprint density at radius 1 is 1.28 bits per heavy atom. The third-order valence-corrected chi connectivity index (χ3v) is 2.74. The summed E-state index contributed by atoms with van der Waals surface area (Å²) < 4.78 is 0. The van der Waals surface area contributed by atoms with Crippen LogP contribution in [0.15, 0.2) is 12.1 Å². The zero-order chi connectivity index (χ0) is 13.0. The van der Waals surface area contributed by atoms with Gasteiger partial charge in [0.15, 0.2) is 11.6 Å². The molecule has 0 bridgehead atoms. The smallest absolute Gasteiger partial charge is 0.320 e. The molecule has 0 aromatic carbocycles. The minimum absolute atomic E-state index is 0.0989. The summed E-state index contributed by atoms with van der Waals surface area (Å²) in [5, 5.41) is 13.5. The molecule has 6 nitrogen and oxygen atoms in total. The number of carbonyl (C=O) groups excluding carboxylic acids is 1. The number of aromatic nitrogens is 2. The van der Waals surface area contributed by atoms with Crippen LogP contribution in [-0.2, 0) is 0 Å². The van der Waals surface area contributed by atoms with Crippen molar-refractivity contribution < 1.29 is 4.79 Å². The molecule has 0 spiro atoms. The molecule has 1 aromatic rings. The molecule has 1 aliphatic rings. The van der Waals surface area contributed by atoms with E-state index in [1.807, 2.05) is 19.9 Å². The molecular weight excluding hydrogens is 230 g/mol. The number of nitrogens with zero attached hydrogens (tertiary/aromatic N) is 3. The highest BCUT2D eigenvalue weighted by atomic mass is 16.2. The van der Waals surface area contributed by atoms with Crippen molar-refractivity contribution in [3.63, 3.8) is 0 Å². The lowest BCUT2D eigenvalue weighted by Crippen LogP contribution is -2.34. The Kier molecular flexibility index (Phi) is 3.96. The van der Waals surface area contributed by atoms with Crippen LogP contribution in [0.25, 0.3) is 0 Å². The van der Waals surface area contributed by atoms with Crippen LogP contribution in [0.5, 0.6) is 0 Å². The van der Waals surface area contributed by atoms with Gasteiger partial charge in [0.1, 0.15) is 0 Å². The van der Waals surface area contributed by atoms with Gasteiger partial charge in [-0.05, 0) is 38.8 Å². The lowest BCUT2D eigenvalue weighted by atomic mass is 10.4. The fourth-order valence-electron chi connectivity index (χ4n) is 1.92. The van der Waals surface area contributed by atoms with Crippen molar-refractivity contribution in [2.24, 2.45) is 0 Å². The third kappa shape index (κ3) is 3.32. The predicted octanol–water partition coefficient (Wildman–Crippen LogP) is 1.61. The molecule has 1 fully saturated rings. The lowest BCUT2D eigenvalue weighted by Gasteiger charge is -2.15. The van der Waals surface area contributed by atoms with Crippen molar-refractivity contribution >= 4 is 17.7 Å². The number of amides is 2. The molecule has 2 rings (SSSR count). The van der Waals surface area contributed by atoms with Crippen LogP contribution in [0.4, 0.5) is 16.4 Å². The second-order valence-electron chi connectivity index (χ2n) is 4.72. The fourth-order valence-corrected chi connectivity index (χ4v) is 1.92. The third-order valence-electron chi connectivity index (χ3n) is 2.74. The standard InChI is InChI=1S/C12H19N5O/c1-9(2)13-12(18)14-10-5-6-11(16-15-10)17-7-3-4-8-17/h5-6,9H,3-4,7-8H2,1-2H3,(H2,13,14,15,18). The van der Waals surface area contributed by atoms with Gasteiger partial charge in [-0.3, -0.25) is 5.32 Å². The average Bonchev–Trinajstić information content (AvgIpc) is 2.82. The molecule has 2 N–H and O–H groups in total. The van der Waals surface area contributed by atoms with Gasteiger partial charge in [-0.15, -0.1) is 10.2 Å². The molecule has 2 amide bonds. The molecule has 0 radical (unpaired) electrons. The van der Waals surface area contributed by atoms with Crippen molar-refractivity contribution in [3.8, 4) is 0 Å². The molecule has 18 heavy (non-hydrogen) atoms. The summed E-state index contributed by atoms with van der Waals surface area (Å²) >= 11 is 0. The summed E-state index contributed by atoms with van der Waals surface area (Å²) in [5.41, 5.74) is 0. The van der Waals surface area contributed by atoms with Crippen LogP contribution in [0, 0.1) is 0 Å². The Morgan fingerprint density at radius 2 is 2.00 bits per heavy atom. The van der Waals surface area contributed by atoms with Crippen LogP contribution in [0.3, 0.4) is 0 Å². The molecule has 0 atom stereocenters. The van der Waals surface area contributed by atoms with Crippen molar-refractivity contribution in [1.82, 2.24) is 15.5 Å². The normalized spacial score (nSPS) is 14.9. The molecule has 1 saturated heterocycles. The number of nitrogens with one attached hydrogen (secondary N) is 2. The molecule has 98 valence electrons. The summed E-state index contributed by atoms with van der Waals surface area (Å²) in [5.74, 6) is 1.35. The van der Waals surface area contributed by atoms with Gasteiger partial charge >= 0.3 is 6.03 Å². The van der Waals surface area contributed by atoms with E-state index >= 15 is 0 Å². The Morgan fingerprint density at radius 3 is 2.56 bits per heavy atom. The Balaban J connectivity index is 1.93. The number of hydrogen-bond donors (Lipinski definition) is 2. The minimum atomic E-state index is -0.256. The van der Waals surface area contributed by atoms with E-state index in [9.17, 15) is 4.79 Å². The van der Waals surface area contributed by atoms with Crippen molar-refractivity contribution in [3.05, 3.63) is 12.1 Å². The van der Waals surface area contributed by atoms with E-state index in [2.05, 4.69) is 25.7 Å². The highest BCUT2D eigenvalue weighted by Crippen LogP contribution is 2.17. The Labute approximate surface area is 107 Å². The van der Waals surface area contributed by atoms with E-state index < -0.39 is 0 Å². The summed E-state index contributed by atoms with van der Waals surface area (Å²) in [6, 6.07) is 3.51. The topological polar surface area (TPSA) is 70.2 Å². The van der Waals surface area contributed by atoms with Crippen LogP contribution < -0.4 is 15.5 Å². The monoisotopic (exact) mass is 249 g/mol. The zero-order valence-corrected chi connectivity index (χ0v) is 10.8. The van der Waals surface area contributed by atoms with Crippen LogP contribution in [-0.4, -0.2) is 35.4 Å². The molecule has 1 aromatic heterocycles. The number of anilines is 2. The maximum Gasteiger partial charge on any atom is 0.320 e. The quantitative estimate of drug-likeness (QED) is 0.853. The molecule has 6 heteroatoms. The number of urea groups is 1. The van der Waals surface area contributed by atoms with Crippen LogP contribution in [0.2, 0.25) is 0 Å².